The molecule has 2 N–H and O–H groups in total. The number of ether oxygens (including phenoxy) is 1. The maximum absolute atomic E-state index is 12.3. The van der Waals surface area contributed by atoms with Crippen molar-refractivity contribution < 1.29 is 9.53 Å². The Hall–Kier alpha value is -1.55. The molecule has 1 aliphatic heterocycles. The molecule has 4 heteroatoms. The van der Waals surface area contributed by atoms with Crippen molar-refractivity contribution in [3.05, 3.63) is 35.9 Å². The van der Waals surface area contributed by atoms with Gasteiger partial charge in [0, 0.05) is 31.2 Å². The minimum Gasteiger partial charge on any atom is -0.381 e. The normalized spacial score (nSPS) is 23.8. The van der Waals surface area contributed by atoms with Gasteiger partial charge in [-0.1, -0.05) is 43.2 Å². The molecule has 2 amide bonds. The van der Waals surface area contributed by atoms with Crippen molar-refractivity contribution in [3.8, 4) is 0 Å². The molecule has 0 aromatic heterocycles. The summed E-state index contributed by atoms with van der Waals surface area (Å²) < 4.78 is 5.38. The highest BCUT2D eigenvalue weighted by atomic mass is 16.5. The lowest BCUT2D eigenvalue weighted by atomic mass is 9.73. The molecule has 2 unspecified atom stereocenters. The fraction of sp³-hybridized carbons (Fsp3) is 0.650. The third-order valence-electron chi connectivity index (χ3n) is 5.88. The maximum atomic E-state index is 12.3. The largest absolute Gasteiger partial charge is 0.381 e. The number of hydrogen-bond acceptors (Lipinski definition) is 2. The van der Waals surface area contributed by atoms with Crippen LogP contribution in [0.4, 0.5) is 4.79 Å². The van der Waals surface area contributed by atoms with Crippen LogP contribution in [-0.4, -0.2) is 31.8 Å². The van der Waals surface area contributed by atoms with E-state index in [9.17, 15) is 4.79 Å². The summed E-state index contributed by atoms with van der Waals surface area (Å²) in [6, 6.07) is 10.8. The summed E-state index contributed by atoms with van der Waals surface area (Å²) in [4.78, 5) is 12.3. The van der Waals surface area contributed by atoms with E-state index in [1.807, 2.05) is 0 Å². The molecule has 1 aromatic carbocycles. The van der Waals surface area contributed by atoms with Crippen molar-refractivity contribution in [2.24, 2.45) is 5.92 Å². The van der Waals surface area contributed by atoms with E-state index < -0.39 is 0 Å². The van der Waals surface area contributed by atoms with Crippen LogP contribution in [-0.2, 0) is 10.2 Å². The second kappa shape index (κ2) is 8.02. The number of nitrogens with one attached hydrogen (secondary N) is 2. The van der Waals surface area contributed by atoms with Gasteiger partial charge in [0.1, 0.15) is 0 Å². The van der Waals surface area contributed by atoms with E-state index in [1.54, 1.807) is 0 Å². The highest BCUT2D eigenvalue weighted by Crippen LogP contribution is 2.43. The molecular weight excluding hydrogens is 300 g/mol. The van der Waals surface area contributed by atoms with Gasteiger partial charge in [-0.15, -0.1) is 0 Å². The van der Waals surface area contributed by atoms with Gasteiger partial charge < -0.3 is 15.4 Å². The van der Waals surface area contributed by atoms with Crippen molar-refractivity contribution in [2.75, 3.05) is 19.8 Å². The molecule has 3 rings (SSSR count). The molecule has 2 atom stereocenters. The highest BCUT2D eigenvalue weighted by Gasteiger charge is 2.41. The molecule has 0 radical (unpaired) electrons. The van der Waals surface area contributed by atoms with Crippen molar-refractivity contribution in [2.45, 2.75) is 56.9 Å². The molecule has 1 saturated heterocycles. The molecule has 0 spiro atoms. The van der Waals surface area contributed by atoms with Gasteiger partial charge in [0.05, 0.1) is 0 Å². The van der Waals surface area contributed by atoms with Crippen LogP contribution in [0.5, 0.6) is 0 Å². The zero-order valence-corrected chi connectivity index (χ0v) is 14.7. The van der Waals surface area contributed by atoms with Gasteiger partial charge in [-0.05, 0) is 44.1 Å². The van der Waals surface area contributed by atoms with E-state index in [2.05, 4.69) is 47.9 Å². The van der Waals surface area contributed by atoms with E-state index in [4.69, 9.17) is 4.74 Å². The average Bonchev–Trinajstić information content (AvgIpc) is 3.28. The predicted molar refractivity (Wildman–Crippen MR) is 96.1 cm³/mol. The van der Waals surface area contributed by atoms with E-state index in [0.29, 0.717) is 5.92 Å². The fourth-order valence-corrected chi connectivity index (χ4v) is 4.33. The third-order valence-corrected chi connectivity index (χ3v) is 5.88. The lowest BCUT2D eigenvalue weighted by Crippen LogP contribution is -2.50. The number of benzene rings is 1. The van der Waals surface area contributed by atoms with E-state index in [-0.39, 0.29) is 17.5 Å². The first-order chi connectivity index (χ1) is 11.7. The number of carbonyl (C=O) groups is 1. The molecule has 1 aromatic rings. The molecule has 1 aliphatic carbocycles. The van der Waals surface area contributed by atoms with Gasteiger partial charge >= 0.3 is 6.03 Å². The first kappa shape index (κ1) is 17.3. The van der Waals surface area contributed by atoms with Crippen LogP contribution >= 0.6 is 0 Å². The molecule has 4 nitrogen and oxygen atoms in total. The standard InChI is InChI=1S/C20H30N2O2/c1-16(22-19(23)21-13-9-17-10-14-24-15-17)20(11-5-6-12-20)18-7-3-2-4-8-18/h2-4,7-8,16-17H,5-6,9-15H2,1H3,(H2,21,22,23). The molecule has 2 aliphatic rings. The Morgan fingerprint density at radius 2 is 2.04 bits per heavy atom. The van der Waals surface area contributed by atoms with Crippen LogP contribution in [0.3, 0.4) is 0 Å². The number of hydrogen-bond donors (Lipinski definition) is 2. The smallest absolute Gasteiger partial charge is 0.315 e. The zero-order chi connectivity index (χ0) is 16.8. The second-order valence-corrected chi connectivity index (χ2v) is 7.37. The summed E-state index contributed by atoms with van der Waals surface area (Å²) >= 11 is 0. The van der Waals surface area contributed by atoms with Gasteiger partial charge in [0.2, 0.25) is 0 Å². The Morgan fingerprint density at radius 1 is 1.29 bits per heavy atom. The van der Waals surface area contributed by atoms with E-state index >= 15 is 0 Å². The van der Waals surface area contributed by atoms with Crippen molar-refractivity contribution in [3.63, 3.8) is 0 Å². The van der Waals surface area contributed by atoms with Crippen LogP contribution < -0.4 is 10.6 Å². The Labute approximate surface area is 145 Å². The average molecular weight is 330 g/mol. The first-order valence-electron chi connectivity index (χ1n) is 9.38. The highest BCUT2D eigenvalue weighted by molar-refractivity contribution is 5.74. The van der Waals surface area contributed by atoms with Crippen molar-refractivity contribution in [1.29, 1.82) is 0 Å². The zero-order valence-electron chi connectivity index (χ0n) is 14.7. The topological polar surface area (TPSA) is 50.4 Å². The Bertz CT molecular complexity index is 520. The van der Waals surface area contributed by atoms with Crippen LogP contribution in [0.15, 0.2) is 30.3 Å². The summed E-state index contributed by atoms with van der Waals surface area (Å²) in [5, 5.41) is 6.23. The quantitative estimate of drug-likeness (QED) is 0.837. The van der Waals surface area contributed by atoms with Gasteiger partial charge in [0.25, 0.3) is 0 Å². The molecular formula is C20H30N2O2. The summed E-state index contributed by atoms with van der Waals surface area (Å²) in [6.45, 7) is 4.60. The van der Waals surface area contributed by atoms with Crippen LogP contribution in [0, 0.1) is 5.92 Å². The molecule has 2 fully saturated rings. The fourth-order valence-electron chi connectivity index (χ4n) is 4.33. The third kappa shape index (κ3) is 3.92. The minimum absolute atomic E-state index is 0.0383. The van der Waals surface area contributed by atoms with Crippen LogP contribution in [0.2, 0.25) is 0 Å². The molecule has 132 valence electrons. The number of amides is 2. The van der Waals surface area contributed by atoms with E-state index in [0.717, 1.165) is 45.4 Å². The first-order valence-corrected chi connectivity index (χ1v) is 9.38. The van der Waals surface area contributed by atoms with Crippen molar-refractivity contribution in [1.82, 2.24) is 10.6 Å². The predicted octanol–water partition coefficient (Wildman–Crippen LogP) is 3.61. The Balaban J connectivity index is 1.53. The van der Waals surface area contributed by atoms with Gasteiger partial charge in [0.15, 0.2) is 0 Å². The maximum Gasteiger partial charge on any atom is 0.315 e. The number of urea groups is 1. The second-order valence-electron chi connectivity index (χ2n) is 7.37. The minimum atomic E-state index is -0.0383. The molecule has 24 heavy (non-hydrogen) atoms. The monoisotopic (exact) mass is 330 g/mol. The SMILES string of the molecule is CC(NC(=O)NCCC1CCOC1)C1(c2ccccc2)CCCC1. The molecule has 0 bridgehead atoms. The summed E-state index contributed by atoms with van der Waals surface area (Å²) in [7, 11) is 0. The van der Waals surface area contributed by atoms with Crippen molar-refractivity contribution >= 4 is 6.03 Å². The van der Waals surface area contributed by atoms with E-state index in [1.165, 1.54) is 18.4 Å². The van der Waals surface area contributed by atoms with Crippen LogP contribution in [0.25, 0.3) is 0 Å². The van der Waals surface area contributed by atoms with Gasteiger partial charge in [-0.3, -0.25) is 0 Å². The number of rotatable bonds is 6. The van der Waals surface area contributed by atoms with Crippen LogP contribution in [0.1, 0.15) is 51.0 Å². The Morgan fingerprint density at radius 3 is 2.71 bits per heavy atom. The lowest BCUT2D eigenvalue weighted by molar-refractivity contribution is 0.184. The summed E-state index contributed by atoms with van der Waals surface area (Å²) in [6.07, 6.45) is 6.91. The van der Waals surface area contributed by atoms with Gasteiger partial charge in [-0.25, -0.2) is 4.79 Å². The van der Waals surface area contributed by atoms with Gasteiger partial charge in [-0.2, -0.15) is 0 Å². The summed E-state index contributed by atoms with van der Waals surface area (Å²) in [5.41, 5.74) is 1.44. The molecule has 1 heterocycles. The molecule has 1 saturated carbocycles. The lowest BCUT2D eigenvalue weighted by Gasteiger charge is -2.36. The number of carbonyl (C=O) groups excluding carboxylic acids is 1. The Kier molecular flexibility index (Phi) is 5.77. The summed E-state index contributed by atoms with van der Waals surface area (Å²) in [5.74, 6) is 0.605.